The summed E-state index contributed by atoms with van der Waals surface area (Å²) in [5.74, 6) is 0. The van der Waals surface area contributed by atoms with E-state index in [2.05, 4.69) is 9.97 Å². The van der Waals surface area contributed by atoms with Crippen molar-refractivity contribution < 1.29 is 0 Å². The van der Waals surface area contributed by atoms with E-state index in [-0.39, 0.29) is 0 Å². The summed E-state index contributed by atoms with van der Waals surface area (Å²) in [5.41, 5.74) is 8.51. The average molecular weight is 253 g/mol. The van der Waals surface area contributed by atoms with Crippen molar-refractivity contribution in [1.29, 1.82) is 0 Å². The van der Waals surface area contributed by atoms with Crippen molar-refractivity contribution >= 4 is 39.5 Å². The van der Waals surface area contributed by atoms with Crippen molar-refractivity contribution in [3.05, 3.63) is 53.2 Å². The third kappa shape index (κ3) is 2.24. The van der Waals surface area contributed by atoms with Crippen molar-refractivity contribution in [2.75, 3.05) is 5.73 Å². The highest BCUT2D eigenvalue weighted by atomic mass is 32.1. The van der Waals surface area contributed by atoms with Crippen LogP contribution in [0.25, 0.3) is 22.5 Å². The number of thiazole rings is 1. The maximum atomic E-state index is 5.73. The van der Waals surface area contributed by atoms with E-state index in [1.165, 1.54) is 0 Å². The number of nitrogen functional groups attached to an aromatic ring is 1. The molecule has 88 valence electrons. The normalized spacial score (nSPS) is 11.3. The summed E-state index contributed by atoms with van der Waals surface area (Å²) in [5, 5.41) is 0.950. The monoisotopic (exact) mass is 253 g/mol. The van der Waals surface area contributed by atoms with E-state index in [1.54, 1.807) is 17.5 Å². The summed E-state index contributed by atoms with van der Waals surface area (Å²) in [6, 6.07) is 11.6. The van der Waals surface area contributed by atoms with E-state index < -0.39 is 0 Å². The summed E-state index contributed by atoms with van der Waals surface area (Å²) in [4.78, 5) is 9.72. The second-order valence-corrected chi connectivity index (χ2v) is 4.89. The largest absolute Gasteiger partial charge is 0.399 e. The van der Waals surface area contributed by atoms with Crippen LogP contribution in [-0.2, 0) is 0 Å². The SMILES string of the molecule is Nc1cccc(C=Cc2nc3cccnc3s2)c1. The molecule has 3 aromatic rings. The summed E-state index contributed by atoms with van der Waals surface area (Å²) in [6.45, 7) is 0. The number of hydrogen-bond donors (Lipinski definition) is 1. The maximum absolute atomic E-state index is 5.73. The van der Waals surface area contributed by atoms with Crippen LogP contribution in [0.4, 0.5) is 5.69 Å². The molecule has 0 radical (unpaired) electrons. The lowest BCUT2D eigenvalue weighted by Crippen LogP contribution is -1.83. The third-order valence-corrected chi connectivity index (χ3v) is 3.46. The fraction of sp³-hybridized carbons (Fsp3) is 0. The van der Waals surface area contributed by atoms with Crippen molar-refractivity contribution in [2.45, 2.75) is 0 Å². The third-order valence-electron chi connectivity index (χ3n) is 2.51. The van der Waals surface area contributed by atoms with Gasteiger partial charge in [-0.15, -0.1) is 0 Å². The fourth-order valence-electron chi connectivity index (χ4n) is 1.69. The molecule has 0 saturated carbocycles. The highest BCUT2D eigenvalue weighted by molar-refractivity contribution is 7.18. The molecule has 3 rings (SSSR count). The summed E-state index contributed by atoms with van der Waals surface area (Å²) >= 11 is 1.58. The minimum absolute atomic E-state index is 0.767. The molecule has 4 heteroatoms. The molecule has 0 unspecified atom stereocenters. The molecule has 0 bridgehead atoms. The Morgan fingerprint density at radius 2 is 2.06 bits per heavy atom. The number of nitrogens with two attached hydrogens (primary N) is 1. The molecule has 0 saturated heterocycles. The number of fused-ring (bicyclic) bond motifs is 1. The van der Waals surface area contributed by atoms with Crippen molar-refractivity contribution in [3.8, 4) is 0 Å². The van der Waals surface area contributed by atoms with Crippen LogP contribution in [0.1, 0.15) is 10.6 Å². The highest BCUT2D eigenvalue weighted by Crippen LogP contribution is 2.21. The van der Waals surface area contributed by atoms with Crippen LogP contribution in [0, 0.1) is 0 Å². The Morgan fingerprint density at radius 3 is 2.89 bits per heavy atom. The lowest BCUT2D eigenvalue weighted by Gasteiger charge is -1.94. The van der Waals surface area contributed by atoms with E-state index in [0.29, 0.717) is 0 Å². The summed E-state index contributed by atoms with van der Waals surface area (Å²) in [6.07, 6.45) is 5.78. The van der Waals surface area contributed by atoms with Crippen LogP contribution in [0.5, 0.6) is 0 Å². The van der Waals surface area contributed by atoms with E-state index in [4.69, 9.17) is 5.73 Å². The number of benzene rings is 1. The van der Waals surface area contributed by atoms with Crippen molar-refractivity contribution in [1.82, 2.24) is 9.97 Å². The van der Waals surface area contributed by atoms with Gasteiger partial charge >= 0.3 is 0 Å². The van der Waals surface area contributed by atoms with Crippen LogP contribution < -0.4 is 5.73 Å². The van der Waals surface area contributed by atoms with E-state index >= 15 is 0 Å². The number of nitrogens with zero attached hydrogens (tertiary/aromatic N) is 2. The molecule has 0 aliphatic carbocycles. The number of aromatic nitrogens is 2. The second kappa shape index (κ2) is 4.58. The molecular formula is C14H11N3S. The predicted octanol–water partition coefficient (Wildman–Crippen LogP) is 3.44. The lowest BCUT2D eigenvalue weighted by molar-refractivity contribution is 1.40. The molecule has 3 nitrogen and oxygen atoms in total. The van der Waals surface area contributed by atoms with Gasteiger partial charge in [-0.05, 0) is 35.9 Å². The standard InChI is InChI=1S/C14H11N3S/c15-11-4-1-3-10(9-11)6-7-13-17-12-5-2-8-16-14(12)18-13/h1-9H,15H2. The van der Waals surface area contributed by atoms with Gasteiger partial charge in [0.1, 0.15) is 15.4 Å². The van der Waals surface area contributed by atoms with Gasteiger partial charge in [0.2, 0.25) is 0 Å². The van der Waals surface area contributed by atoms with E-state index in [0.717, 1.165) is 26.6 Å². The summed E-state index contributed by atoms with van der Waals surface area (Å²) in [7, 11) is 0. The number of rotatable bonds is 2. The predicted molar refractivity (Wildman–Crippen MR) is 77.2 cm³/mol. The quantitative estimate of drug-likeness (QED) is 0.712. The van der Waals surface area contributed by atoms with Gasteiger partial charge in [-0.25, -0.2) is 9.97 Å². The van der Waals surface area contributed by atoms with Gasteiger partial charge in [-0.1, -0.05) is 29.5 Å². The molecule has 0 aliphatic rings. The first-order chi connectivity index (χ1) is 8.81. The average Bonchev–Trinajstić information content (AvgIpc) is 2.79. The van der Waals surface area contributed by atoms with Gasteiger partial charge in [-0.2, -0.15) is 0 Å². The summed E-state index contributed by atoms with van der Waals surface area (Å²) < 4.78 is 0. The topological polar surface area (TPSA) is 51.8 Å². The van der Waals surface area contributed by atoms with Gasteiger partial charge in [0, 0.05) is 11.9 Å². The molecular weight excluding hydrogens is 242 g/mol. The minimum atomic E-state index is 0.767. The van der Waals surface area contributed by atoms with Gasteiger partial charge in [0.05, 0.1) is 0 Å². The Labute approximate surface area is 109 Å². The van der Waals surface area contributed by atoms with Crippen molar-refractivity contribution in [2.24, 2.45) is 0 Å². The number of hydrogen-bond acceptors (Lipinski definition) is 4. The first-order valence-electron chi connectivity index (χ1n) is 5.56. The Kier molecular flexibility index (Phi) is 2.78. The Morgan fingerprint density at radius 1 is 1.11 bits per heavy atom. The van der Waals surface area contributed by atoms with Gasteiger partial charge in [0.15, 0.2) is 0 Å². The zero-order valence-corrected chi connectivity index (χ0v) is 10.4. The zero-order chi connectivity index (χ0) is 12.4. The number of anilines is 1. The number of pyridine rings is 1. The molecule has 2 aromatic heterocycles. The van der Waals surface area contributed by atoms with Crippen LogP contribution in [0.2, 0.25) is 0 Å². The highest BCUT2D eigenvalue weighted by Gasteiger charge is 2.00. The fourth-order valence-corrected chi connectivity index (χ4v) is 2.50. The van der Waals surface area contributed by atoms with Gasteiger partial charge in [0.25, 0.3) is 0 Å². The van der Waals surface area contributed by atoms with Crippen LogP contribution in [0.15, 0.2) is 42.6 Å². The van der Waals surface area contributed by atoms with Crippen molar-refractivity contribution in [3.63, 3.8) is 0 Å². The molecule has 2 heterocycles. The van der Waals surface area contributed by atoms with Crippen LogP contribution >= 0.6 is 11.3 Å². The second-order valence-electron chi connectivity index (χ2n) is 3.88. The smallest absolute Gasteiger partial charge is 0.143 e. The lowest BCUT2D eigenvalue weighted by atomic mass is 10.2. The minimum Gasteiger partial charge on any atom is -0.399 e. The molecule has 0 aliphatic heterocycles. The van der Waals surface area contributed by atoms with Gasteiger partial charge in [-0.3, -0.25) is 0 Å². The molecule has 1 aromatic carbocycles. The van der Waals surface area contributed by atoms with Gasteiger partial charge < -0.3 is 5.73 Å². The van der Waals surface area contributed by atoms with E-state index in [1.807, 2.05) is 48.6 Å². The molecule has 0 spiro atoms. The van der Waals surface area contributed by atoms with Crippen LogP contribution in [0.3, 0.4) is 0 Å². The van der Waals surface area contributed by atoms with E-state index in [9.17, 15) is 0 Å². The first kappa shape index (κ1) is 10.9. The Hall–Kier alpha value is -2.20. The Balaban J connectivity index is 1.92. The Bertz CT molecular complexity index is 683. The molecule has 2 N–H and O–H groups in total. The first-order valence-corrected chi connectivity index (χ1v) is 6.38. The zero-order valence-electron chi connectivity index (χ0n) is 9.58. The molecule has 0 fully saturated rings. The molecule has 0 amide bonds. The van der Waals surface area contributed by atoms with Crippen LogP contribution in [-0.4, -0.2) is 9.97 Å². The maximum Gasteiger partial charge on any atom is 0.143 e. The molecule has 0 atom stereocenters. The molecule has 18 heavy (non-hydrogen) atoms.